The van der Waals surface area contributed by atoms with Gasteiger partial charge in [0.2, 0.25) is 0 Å². The van der Waals surface area contributed by atoms with Gasteiger partial charge in [0, 0.05) is 0 Å². The van der Waals surface area contributed by atoms with Crippen LogP contribution in [-0.2, 0) is 9.53 Å². The molecule has 0 aliphatic carbocycles. The molecule has 0 amide bonds. The summed E-state index contributed by atoms with van der Waals surface area (Å²) in [5.41, 5.74) is 2.47. The fourth-order valence-electron chi connectivity index (χ4n) is 2.71. The topological polar surface area (TPSA) is 26.3 Å². The summed E-state index contributed by atoms with van der Waals surface area (Å²) in [6, 6.07) is 19.6. The van der Waals surface area contributed by atoms with Gasteiger partial charge in [-0.1, -0.05) is 80.9 Å². The van der Waals surface area contributed by atoms with Crippen molar-refractivity contribution in [2.24, 2.45) is 5.92 Å². The molecule has 0 fully saturated rings. The molecule has 1 unspecified atom stereocenters. The van der Waals surface area contributed by atoms with E-state index in [4.69, 9.17) is 4.74 Å². The lowest BCUT2D eigenvalue weighted by molar-refractivity contribution is -0.141. The standard InChI is InChI=1S/C23H28O2/c1-18(2)11-10-12-19(3)25-23(24)22(21-15-8-5-9-16-21)17-20-13-6-4-7-14-20/h4-9,13-19H,10-12H2,1-3H3. The van der Waals surface area contributed by atoms with Crippen molar-refractivity contribution in [3.63, 3.8) is 0 Å². The van der Waals surface area contributed by atoms with Crippen LogP contribution in [0.15, 0.2) is 60.7 Å². The van der Waals surface area contributed by atoms with Crippen LogP contribution in [0.25, 0.3) is 11.6 Å². The van der Waals surface area contributed by atoms with Gasteiger partial charge in [0.1, 0.15) is 0 Å². The van der Waals surface area contributed by atoms with Crippen molar-refractivity contribution in [3.8, 4) is 0 Å². The van der Waals surface area contributed by atoms with Crippen molar-refractivity contribution >= 4 is 17.6 Å². The molecular formula is C23H28O2. The van der Waals surface area contributed by atoms with Crippen LogP contribution in [0, 0.1) is 5.92 Å². The zero-order valence-corrected chi connectivity index (χ0v) is 15.4. The number of ether oxygens (including phenoxy) is 1. The van der Waals surface area contributed by atoms with Crippen molar-refractivity contribution in [1.82, 2.24) is 0 Å². The Bertz CT molecular complexity index is 672. The number of carbonyl (C=O) groups is 1. The van der Waals surface area contributed by atoms with E-state index in [0.717, 1.165) is 30.4 Å². The van der Waals surface area contributed by atoms with E-state index in [-0.39, 0.29) is 12.1 Å². The first-order valence-corrected chi connectivity index (χ1v) is 9.09. The molecule has 0 aliphatic heterocycles. The maximum Gasteiger partial charge on any atom is 0.339 e. The van der Waals surface area contributed by atoms with Crippen LogP contribution in [0.3, 0.4) is 0 Å². The normalized spacial score (nSPS) is 12.9. The summed E-state index contributed by atoms with van der Waals surface area (Å²) >= 11 is 0. The molecule has 2 aromatic rings. The lowest BCUT2D eigenvalue weighted by Gasteiger charge is -2.16. The molecule has 0 radical (unpaired) electrons. The van der Waals surface area contributed by atoms with E-state index in [1.807, 2.05) is 73.7 Å². The lowest BCUT2D eigenvalue weighted by atomic mass is 10.0. The van der Waals surface area contributed by atoms with Crippen molar-refractivity contribution in [3.05, 3.63) is 71.8 Å². The van der Waals surface area contributed by atoms with E-state index in [2.05, 4.69) is 13.8 Å². The predicted octanol–water partition coefficient (Wildman–Crippen LogP) is 5.99. The van der Waals surface area contributed by atoms with Crippen LogP contribution in [-0.4, -0.2) is 12.1 Å². The molecule has 0 N–H and O–H groups in total. The van der Waals surface area contributed by atoms with E-state index >= 15 is 0 Å². The number of hydrogen-bond acceptors (Lipinski definition) is 2. The fraction of sp³-hybridized carbons (Fsp3) is 0.348. The molecule has 0 heterocycles. The minimum Gasteiger partial charge on any atom is -0.459 e. The van der Waals surface area contributed by atoms with E-state index in [9.17, 15) is 4.79 Å². The van der Waals surface area contributed by atoms with E-state index in [1.54, 1.807) is 0 Å². The highest BCUT2D eigenvalue weighted by Crippen LogP contribution is 2.21. The second-order valence-electron chi connectivity index (χ2n) is 6.88. The highest BCUT2D eigenvalue weighted by Gasteiger charge is 2.16. The quantitative estimate of drug-likeness (QED) is 0.336. The van der Waals surface area contributed by atoms with Crippen molar-refractivity contribution in [2.45, 2.75) is 46.1 Å². The Balaban J connectivity index is 2.13. The van der Waals surface area contributed by atoms with Gasteiger partial charge in [0.05, 0.1) is 11.7 Å². The maximum atomic E-state index is 12.8. The van der Waals surface area contributed by atoms with Gasteiger partial charge in [-0.15, -0.1) is 0 Å². The largest absolute Gasteiger partial charge is 0.459 e. The summed E-state index contributed by atoms with van der Waals surface area (Å²) in [4.78, 5) is 12.8. The molecule has 132 valence electrons. The van der Waals surface area contributed by atoms with Crippen LogP contribution in [0.4, 0.5) is 0 Å². The molecule has 2 nitrogen and oxygen atoms in total. The summed E-state index contributed by atoms with van der Waals surface area (Å²) in [5.74, 6) is 0.424. The summed E-state index contributed by atoms with van der Waals surface area (Å²) in [7, 11) is 0. The van der Waals surface area contributed by atoms with Gasteiger partial charge in [-0.25, -0.2) is 4.79 Å². The third-order valence-corrected chi connectivity index (χ3v) is 4.12. The third kappa shape index (κ3) is 6.58. The lowest BCUT2D eigenvalue weighted by Crippen LogP contribution is -2.16. The molecule has 0 aromatic heterocycles. The maximum absolute atomic E-state index is 12.8. The molecule has 0 aliphatic rings. The van der Waals surface area contributed by atoms with Crippen LogP contribution in [0.2, 0.25) is 0 Å². The Hall–Kier alpha value is -2.35. The van der Waals surface area contributed by atoms with Gasteiger partial charge in [0.25, 0.3) is 0 Å². The van der Waals surface area contributed by atoms with Crippen molar-refractivity contribution in [1.29, 1.82) is 0 Å². The van der Waals surface area contributed by atoms with Crippen LogP contribution in [0.1, 0.15) is 51.2 Å². The minimum absolute atomic E-state index is 0.0749. The molecular weight excluding hydrogens is 308 g/mol. The number of carbonyl (C=O) groups excluding carboxylic acids is 1. The molecule has 2 rings (SSSR count). The first kappa shape index (κ1) is 19.0. The second-order valence-corrected chi connectivity index (χ2v) is 6.88. The average molecular weight is 336 g/mol. The van der Waals surface area contributed by atoms with E-state index < -0.39 is 0 Å². The number of benzene rings is 2. The van der Waals surface area contributed by atoms with Gasteiger partial charge in [-0.3, -0.25) is 0 Å². The smallest absolute Gasteiger partial charge is 0.339 e. The van der Waals surface area contributed by atoms with E-state index in [0.29, 0.717) is 11.5 Å². The highest BCUT2D eigenvalue weighted by molar-refractivity contribution is 6.21. The summed E-state index contributed by atoms with van der Waals surface area (Å²) < 4.78 is 5.71. The van der Waals surface area contributed by atoms with Gasteiger partial charge < -0.3 is 4.74 Å². The Labute approximate surface area is 151 Å². The number of hydrogen-bond donors (Lipinski definition) is 0. The average Bonchev–Trinajstić information content (AvgIpc) is 2.61. The van der Waals surface area contributed by atoms with E-state index in [1.165, 1.54) is 0 Å². The Morgan fingerprint density at radius 3 is 2.12 bits per heavy atom. The van der Waals surface area contributed by atoms with Crippen molar-refractivity contribution in [2.75, 3.05) is 0 Å². The summed E-state index contributed by atoms with van der Waals surface area (Å²) in [6.45, 7) is 6.41. The molecule has 1 atom stereocenters. The molecule has 2 aromatic carbocycles. The van der Waals surface area contributed by atoms with Crippen LogP contribution >= 0.6 is 0 Å². The summed E-state index contributed by atoms with van der Waals surface area (Å²) in [6.07, 6.45) is 4.97. The van der Waals surface area contributed by atoms with Crippen LogP contribution in [0.5, 0.6) is 0 Å². The SMILES string of the molecule is CC(C)CCCC(C)OC(=O)C(=Cc1ccccc1)c1ccccc1. The molecule has 0 saturated heterocycles. The zero-order valence-electron chi connectivity index (χ0n) is 15.4. The Morgan fingerprint density at radius 2 is 1.52 bits per heavy atom. The predicted molar refractivity (Wildman–Crippen MR) is 105 cm³/mol. The van der Waals surface area contributed by atoms with Gasteiger partial charge >= 0.3 is 5.97 Å². The molecule has 0 bridgehead atoms. The fourth-order valence-corrected chi connectivity index (χ4v) is 2.71. The molecule has 0 spiro atoms. The minimum atomic E-state index is -0.257. The molecule has 2 heteroatoms. The first-order valence-electron chi connectivity index (χ1n) is 9.09. The zero-order chi connectivity index (χ0) is 18.1. The first-order chi connectivity index (χ1) is 12.1. The second kappa shape index (κ2) is 9.83. The third-order valence-electron chi connectivity index (χ3n) is 4.12. The van der Waals surface area contributed by atoms with Gasteiger partial charge in [0.15, 0.2) is 0 Å². The Kier molecular flexibility index (Phi) is 7.46. The van der Waals surface area contributed by atoms with Crippen molar-refractivity contribution < 1.29 is 9.53 Å². The Morgan fingerprint density at radius 1 is 0.920 bits per heavy atom. The molecule has 0 saturated carbocycles. The number of esters is 1. The number of rotatable bonds is 8. The van der Waals surface area contributed by atoms with Gasteiger partial charge in [-0.2, -0.15) is 0 Å². The van der Waals surface area contributed by atoms with Crippen LogP contribution < -0.4 is 0 Å². The monoisotopic (exact) mass is 336 g/mol. The van der Waals surface area contributed by atoms with Gasteiger partial charge in [-0.05, 0) is 42.9 Å². The molecule has 25 heavy (non-hydrogen) atoms. The summed E-state index contributed by atoms with van der Waals surface area (Å²) in [5, 5.41) is 0. The highest BCUT2D eigenvalue weighted by atomic mass is 16.5.